The standard InChI is InChI=1S/C23H18FNO2.Cl3OP/c1-16-20(14-26)19-9-5-6-10-22(19)25(16)18-11-12-23(21(24)13-18)27-15-17-7-3-2-4-8-17;1-5(2,3)4/h2-14H,15H2,1H3;. The molecule has 1 heterocycles. The molecule has 0 atom stereocenters. The summed E-state index contributed by atoms with van der Waals surface area (Å²) >= 11 is 13.8. The molecule has 0 aliphatic heterocycles. The van der Waals surface area contributed by atoms with E-state index in [0.29, 0.717) is 17.9 Å². The van der Waals surface area contributed by atoms with E-state index in [9.17, 15) is 13.8 Å². The van der Waals surface area contributed by atoms with Gasteiger partial charge in [-0.05, 0) is 64.4 Å². The van der Waals surface area contributed by atoms with Crippen molar-refractivity contribution in [3.63, 3.8) is 0 Å². The second-order valence-corrected chi connectivity index (χ2v) is 13.4. The minimum absolute atomic E-state index is 0.201. The van der Waals surface area contributed by atoms with Gasteiger partial charge in [0.15, 0.2) is 17.9 Å². The zero-order valence-corrected chi connectivity index (χ0v) is 20.0. The first-order chi connectivity index (χ1) is 15.2. The third-order valence-corrected chi connectivity index (χ3v) is 4.69. The van der Waals surface area contributed by atoms with Crippen LogP contribution in [-0.2, 0) is 11.2 Å². The van der Waals surface area contributed by atoms with Crippen molar-refractivity contribution in [3.8, 4) is 11.4 Å². The normalized spacial score (nSPS) is 11.0. The minimum Gasteiger partial charge on any atom is -0.486 e. The van der Waals surface area contributed by atoms with Crippen LogP contribution in [0.4, 0.5) is 4.39 Å². The van der Waals surface area contributed by atoms with Crippen LogP contribution in [0.3, 0.4) is 0 Å². The van der Waals surface area contributed by atoms with Crippen LogP contribution in [-0.4, -0.2) is 10.9 Å². The molecule has 0 spiro atoms. The van der Waals surface area contributed by atoms with Crippen LogP contribution in [0.2, 0.25) is 0 Å². The maximum absolute atomic E-state index is 14.7. The molecular weight excluding hydrogens is 495 g/mol. The molecule has 0 amide bonds. The predicted molar refractivity (Wildman–Crippen MR) is 129 cm³/mol. The lowest BCUT2D eigenvalue weighted by Gasteiger charge is -2.12. The van der Waals surface area contributed by atoms with Gasteiger partial charge in [-0.2, -0.15) is 0 Å². The molecule has 0 N–H and O–H groups in total. The molecule has 9 heteroatoms. The summed E-state index contributed by atoms with van der Waals surface area (Å²) in [6.45, 7) is 2.17. The van der Waals surface area contributed by atoms with E-state index in [2.05, 4.69) is 33.7 Å². The van der Waals surface area contributed by atoms with E-state index in [1.165, 1.54) is 6.07 Å². The van der Waals surface area contributed by atoms with Crippen molar-refractivity contribution < 1.29 is 18.5 Å². The third-order valence-electron chi connectivity index (χ3n) is 4.69. The number of hydrogen-bond donors (Lipinski definition) is 0. The highest BCUT2D eigenvalue weighted by molar-refractivity contribution is 8.24. The van der Waals surface area contributed by atoms with Crippen molar-refractivity contribution >= 4 is 56.1 Å². The fraction of sp³-hybridized carbons (Fsp3) is 0.0870. The fourth-order valence-electron chi connectivity index (χ4n) is 3.36. The first kappa shape index (κ1) is 24.3. The van der Waals surface area contributed by atoms with Crippen molar-refractivity contribution in [1.29, 1.82) is 0 Å². The summed E-state index contributed by atoms with van der Waals surface area (Å²) in [7, 11) is 0. The summed E-state index contributed by atoms with van der Waals surface area (Å²) < 4.78 is 31.7. The molecule has 0 radical (unpaired) electrons. The Morgan fingerprint density at radius 3 is 2.25 bits per heavy atom. The van der Waals surface area contributed by atoms with Crippen LogP contribution >= 0.6 is 38.9 Å². The number of aldehydes is 1. The number of rotatable bonds is 5. The molecule has 0 aliphatic carbocycles. The van der Waals surface area contributed by atoms with Gasteiger partial charge >= 0.3 is 5.20 Å². The predicted octanol–water partition coefficient (Wildman–Crippen LogP) is 8.28. The smallest absolute Gasteiger partial charge is 0.339 e. The number of aromatic nitrogens is 1. The monoisotopic (exact) mass is 511 g/mol. The number of carbonyl (C=O) groups excluding carboxylic acids is 1. The van der Waals surface area contributed by atoms with Gasteiger partial charge in [-0.25, -0.2) is 4.39 Å². The number of carbonyl (C=O) groups is 1. The quantitative estimate of drug-likeness (QED) is 0.200. The van der Waals surface area contributed by atoms with Gasteiger partial charge in [0.1, 0.15) is 6.61 Å². The molecule has 0 aliphatic rings. The lowest BCUT2D eigenvalue weighted by molar-refractivity contribution is 0.112. The molecule has 166 valence electrons. The highest BCUT2D eigenvalue weighted by atomic mass is 36.0. The van der Waals surface area contributed by atoms with Crippen LogP contribution in [0, 0.1) is 12.7 Å². The Kier molecular flexibility index (Phi) is 8.02. The summed E-state index contributed by atoms with van der Waals surface area (Å²) in [6.07, 6.45) is 0.849. The maximum atomic E-state index is 14.7. The summed E-state index contributed by atoms with van der Waals surface area (Å²) in [6, 6.07) is 22.1. The van der Waals surface area contributed by atoms with E-state index in [0.717, 1.165) is 28.4 Å². The highest BCUT2D eigenvalue weighted by Gasteiger charge is 2.16. The SMILES string of the molecule is Cc1c(C=O)c2ccccc2n1-c1ccc(OCc2ccccc2)c(F)c1.O=P(Cl)(Cl)Cl. The number of nitrogens with zero attached hydrogens (tertiary/aromatic N) is 1. The van der Waals surface area contributed by atoms with Gasteiger partial charge in [-0.15, -0.1) is 0 Å². The van der Waals surface area contributed by atoms with Gasteiger partial charge in [0, 0.05) is 28.4 Å². The van der Waals surface area contributed by atoms with Crippen molar-refractivity contribution in [2.75, 3.05) is 0 Å². The third kappa shape index (κ3) is 6.14. The number of fused-ring (bicyclic) bond motifs is 1. The zero-order chi connectivity index (χ0) is 23.3. The molecule has 0 bridgehead atoms. The summed E-state index contributed by atoms with van der Waals surface area (Å²) in [5, 5.41) is -2.37. The van der Waals surface area contributed by atoms with Crippen LogP contribution in [0.5, 0.6) is 5.75 Å². The van der Waals surface area contributed by atoms with Crippen molar-refractivity contribution in [1.82, 2.24) is 4.57 Å². The molecular formula is C23H18Cl3FNO3P. The Bertz CT molecular complexity index is 1280. The number of halogens is 4. The highest BCUT2D eigenvalue weighted by Crippen LogP contribution is 2.61. The Morgan fingerprint density at radius 1 is 1.00 bits per heavy atom. The van der Waals surface area contributed by atoms with E-state index in [1.54, 1.807) is 12.1 Å². The molecule has 0 fully saturated rings. The summed E-state index contributed by atoms with van der Waals surface area (Å²) in [4.78, 5) is 11.5. The van der Waals surface area contributed by atoms with Gasteiger partial charge in [0.05, 0.1) is 5.52 Å². The maximum Gasteiger partial charge on any atom is 0.339 e. The summed E-state index contributed by atoms with van der Waals surface area (Å²) in [5.41, 5.74) is 3.90. The minimum atomic E-state index is -3.22. The van der Waals surface area contributed by atoms with Gasteiger partial charge in [0.2, 0.25) is 0 Å². The molecule has 0 saturated carbocycles. The molecule has 4 nitrogen and oxygen atoms in total. The van der Waals surface area contributed by atoms with Crippen molar-refractivity contribution in [3.05, 3.63) is 95.4 Å². The van der Waals surface area contributed by atoms with Gasteiger partial charge in [-0.1, -0.05) is 48.5 Å². The largest absolute Gasteiger partial charge is 0.486 e. The summed E-state index contributed by atoms with van der Waals surface area (Å²) in [5.74, 6) is -0.236. The van der Waals surface area contributed by atoms with E-state index in [1.807, 2.05) is 66.1 Å². The average molecular weight is 513 g/mol. The van der Waals surface area contributed by atoms with E-state index in [4.69, 9.17) is 4.74 Å². The van der Waals surface area contributed by atoms with Crippen LogP contribution in [0.25, 0.3) is 16.6 Å². The van der Waals surface area contributed by atoms with Gasteiger partial charge in [-0.3, -0.25) is 9.36 Å². The molecule has 32 heavy (non-hydrogen) atoms. The first-order valence-electron chi connectivity index (χ1n) is 9.40. The van der Waals surface area contributed by atoms with E-state index >= 15 is 0 Å². The van der Waals surface area contributed by atoms with Crippen molar-refractivity contribution in [2.24, 2.45) is 0 Å². The molecule has 0 saturated heterocycles. The second kappa shape index (κ2) is 10.5. The topological polar surface area (TPSA) is 48.3 Å². The molecule has 1 aromatic heterocycles. The Morgan fingerprint density at radius 2 is 1.62 bits per heavy atom. The molecule has 0 unspecified atom stereocenters. The van der Waals surface area contributed by atoms with Gasteiger partial charge < -0.3 is 9.30 Å². The fourth-order valence-corrected chi connectivity index (χ4v) is 3.36. The van der Waals surface area contributed by atoms with E-state index < -0.39 is 11.0 Å². The number of benzene rings is 3. The van der Waals surface area contributed by atoms with Crippen molar-refractivity contribution in [2.45, 2.75) is 13.5 Å². The molecule has 3 aromatic carbocycles. The Balaban J connectivity index is 0.000000523. The number of para-hydroxylation sites is 1. The number of hydrogen-bond acceptors (Lipinski definition) is 3. The van der Waals surface area contributed by atoms with Crippen LogP contribution < -0.4 is 4.74 Å². The lowest BCUT2D eigenvalue weighted by atomic mass is 10.1. The van der Waals surface area contributed by atoms with Crippen LogP contribution in [0.15, 0.2) is 72.8 Å². The number of ether oxygens (including phenoxy) is 1. The average Bonchev–Trinajstić information content (AvgIpc) is 3.03. The van der Waals surface area contributed by atoms with Gasteiger partial charge in [0.25, 0.3) is 0 Å². The Hall–Kier alpha value is -2.30. The zero-order valence-electron chi connectivity index (χ0n) is 16.8. The first-order valence-corrected chi connectivity index (χ1v) is 13.8. The lowest BCUT2D eigenvalue weighted by Crippen LogP contribution is -2.01. The van der Waals surface area contributed by atoms with E-state index in [-0.39, 0.29) is 5.75 Å². The Labute approximate surface area is 199 Å². The molecule has 4 rings (SSSR count). The molecule has 4 aromatic rings. The second-order valence-electron chi connectivity index (χ2n) is 6.76. The van der Waals surface area contributed by atoms with Crippen LogP contribution in [0.1, 0.15) is 21.6 Å².